The largest absolute Gasteiger partial charge is 0.454 e. The van der Waals surface area contributed by atoms with E-state index in [-0.39, 0.29) is 12.8 Å². The van der Waals surface area contributed by atoms with Gasteiger partial charge in [0.25, 0.3) is 5.89 Å². The van der Waals surface area contributed by atoms with Crippen molar-refractivity contribution in [2.75, 3.05) is 11.7 Å². The number of urea groups is 1. The molecule has 8 nitrogen and oxygen atoms in total. The van der Waals surface area contributed by atoms with Crippen molar-refractivity contribution in [1.82, 2.24) is 15.5 Å². The Balaban J connectivity index is 1.47. The molecule has 4 aromatic rings. The van der Waals surface area contributed by atoms with E-state index in [0.717, 1.165) is 11.1 Å². The van der Waals surface area contributed by atoms with Crippen molar-refractivity contribution in [3.63, 3.8) is 0 Å². The number of anilines is 1. The Bertz CT molecular complexity index is 1470. The zero-order valence-electron chi connectivity index (χ0n) is 18.6. The number of hydrogen-bond acceptors (Lipinski definition) is 6. The lowest BCUT2D eigenvalue weighted by Crippen LogP contribution is -2.46. The van der Waals surface area contributed by atoms with Crippen LogP contribution in [0.2, 0.25) is 5.02 Å². The Morgan fingerprint density at radius 2 is 1.83 bits per heavy atom. The minimum Gasteiger partial charge on any atom is -0.454 e. The fourth-order valence-electron chi connectivity index (χ4n) is 4.33. The van der Waals surface area contributed by atoms with Gasteiger partial charge in [-0.2, -0.15) is 4.98 Å². The van der Waals surface area contributed by atoms with Gasteiger partial charge in [0.1, 0.15) is 0 Å². The van der Waals surface area contributed by atoms with E-state index in [1.54, 1.807) is 23.1 Å². The molecule has 3 aromatic carbocycles. The maximum absolute atomic E-state index is 13.3. The van der Waals surface area contributed by atoms with Gasteiger partial charge >= 0.3 is 6.03 Å². The van der Waals surface area contributed by atoms with Gasteiger partial charge in [0.05, 0.1) is 17.3 Å². The number of hydrogen-bond donors (Lipinski definition) is 1. The highest BCUT2D eigenvalue weighted by Gasteiger charge is 2.36. The maximum Gasteiger partial charge on any atom is 0.326 e. The molecule has 6 rings (SSSR count). The number of carbonyl (C=O) groups excluding carboxylic acids is 1. The van der Waals surface area contributed by atoms with E-state index in [4.69, 9.17) is 30.6 Å². The molecule has 2 aliphatic heterocycles. The van der Waals surface area contributed by atoms with Gasteiger partial charge < -0.3 is 19.3 Å². The molecule has 35 heavy (non-hydrogen) atoms. The summed E-state index contributed by atoms with van der Waals surface area (Å²) in [5.41, 5.74) is 3.60. The molecule has 1 aromatic heterocycles. The van der Waals surface area contributed by atoms with Crippen LogP contribution in [-0.4, -0.2) is 23.0 Å². The van der Waals surface area contributed by atoms with Gasteiger partial charge in [-0.15, -0.1) is 0 Å². The molecule has 1 N–H and O–H groups in total. The number of amides is 2. The van der Waals surface area contributed by atoms with Crippen LogP contribution in [0.1, 0.15) is 24.4 Å². The van der Waals surface area contributed by atoms with Gasteiger partial charge in [-0.05, 0) is 48.9 Å². The molecule has 0 spiro atoms. The summed E-state index contributed by atoms with van der Waals surface area (Å²) < 4.78 is 16.6. The minimum absolute atomic E-state index is 0.181. The summed E-state index contributed by atoms with van der Waals surface area (Å²) in [4.78, 5) is 19.5. The van der Waals surface area contributed by atoms with E-state index in [1.807, 2.05) is 61.5 Å². The number of carbonyl (C=O) groups is 1. The fourth-order valence-corrected chi connectivity index (χ4v) is 4.51. The highest BCUT2D eigenvalue weighted by atomic mass is 35.5. The molecule has 0 bridgehead atoms. The van der Waals surface area contributed by atoms with Gasteiger partial charge in [0.15, 0.2) is 11.5 Å². The topological polar surface area (TPSA) is 89.7 Å². The molecule has 0 aliphatic carbocycles. The number of nitrogens with one attached hydrogen (secondary N) is 1. The van der Waals surface area contributed by atoms with Gasteiger partial charge in [-0.25, -0.2) is 4.79 Å². The van der Waals surface area contributed by atoms with Crippen molar-refractivity contribution in [3.05, 3.63) is 95.0 Å². The molecule has 0 saturated heterocycles. The smallest absolute Gasteiger partial charge is 0.326 e. The molecular weight excluding hydrogens is 468 g/mol. The molecule has 3 heterocycles. The van der Waals surface area contributed by atoms with Crippen LogP contribution in [-0.2, 0) is 0 Å². The molecule has 9 heteroatoms. The van der Waals surface area contributed by atoms with E-state index < -0.39 is 6.04 Å². The van der Waals surface area contributed by atoms with Crippen LogP contribution in [0, 0.1) is 0 Å². The number of benzene rings is 3. The summed E-state index contributed by atoms with van der Waals surface area (Å²) in [6.07, 6.45) is 0. The van der Waals surface area contributed by atoms with Crippen LogP contribution in [0.15, 0.2) is 83.0 Å². The normalized spacial score (nSPS) is 17.0. The number of halogens is 1. The maximum atomic E-state index is 13.3. The van der Waals surface area contributed by atoms with Crippen LogP contribution < -0.4 is 19.7 Å². The molecule has 0 saturated carbocycles. The molecule has 0 radical (unpaired) electrons. The number of rotatable bonds is 4. The third-order valence-corrected chi connectivity index (χ3v) is 6.21. The molecule has 2 aliphatic rings. The van der Waals surface area contributed by atoms with E-state index >= 15 is 0 Å². The number of nitrogens with zero attached hydrogens (tertiary/aromatic N) is 3. The van der Waals surface area contributed by atoms with Gasteiger partial charge in [-0.3, -0.25) is 4.90 Å². The second kappa shape index (κ2) is 8.48. The molecule has 174 valence electrons. The molecule has 1 unspecified atom stereocenters. The van der Waals surface area contributed by atoms with Gasteiger partial charge in [-0.1, -0.05) is 53.2 Å². The Morgan fingerprint density at radius 1 is 1.00 bits per heavy atom. The third-order valence-electron chi connectivity index (χ3n) is 5.97. The van der Waals surface area contributed by atoms with Crippen LogP contribution in [0.25, 0.3) is 17.0 Å². The first kappa shape index (κ1) is 21.2. The monoisotopic (exact) mass is 486 g/mol. The van der Waals surface area contributed by atoms with E-state index in [0.29, 0.717) is 45.2 Å². The number of fused-ring (bicyclic) bond motifs is 1. The summed E-state index contributed by atoms with van der Waals surface area (Å²) in [5, 5.41) is 7.82. The Hall–Kier alpha value is -4.30. The van der Waals surface area contributed by atoms with Crippen molar-refractivity contribution in [3.8, 4) is 22.9 Å². The quantitative estimate of drug-likeness (QED) is 0.391. The number of aromatic nitrogens is 2. The zero-order valence-corrected chi connectivity index (χ0v) is 19.3. The lowest BCUT2D eigenvalue weighted by atomic mass is 9.94. The lowest BCUT2D eigenvalue weighted by Gasteiger charge is -2.35. The van der Waals surface area contributed by atoms with Crippen LogP contribution in [0.3, 0.4) is 0 Å². The predicted octanol–water partition coefficient (Wildman–Crippen LogP) is 5.82. The Morgan fingerprint density at radius 3 is 2.66 bits per heavy atom. The minimum atomic E-state index is -0.482. The molecule has 2 amide bonds. The molecule has 1 atom stereocenters. The SMILES string of the molecule is CC1=C(c2nc(-c3ccc4c(c3)OCO4)no2)C(c2ccccc2)NC(=O)N1c1cccc(Cl)c1. The standard InChI is InChI=1S/C26H19ClN4O4/c1-15-22(25-29-24(30-35-25)17-10-11-20-21(12-17)34-14-33-20)23(16-6-3-2-4-7-16)28-26(32)31(15)19-9-5-8-18(27)13-19/h2-13,23H,14H2,1H3,(H,28,32). The van der Waals surface area contributed by atoms with Gasteiger partial charge in [0.2, 0.25) is 12.6 Å². The third kappa shape index (κ3) is 3.77. The number of allylic oxidation sites excluding steroid dienone is 1. The second-order valence-corrected chi connectivity index (χ2v) is 8.54. The van der Waals surface area contributed by atoms with Crippen LogP contribution >= 0.6 is 11.6 Å². The van der Waals surface area contributed by atoms with E-state index in [1.165, 1.54) is 0 Å². The van der Waals surface area contributed by atoms with Crippen LogP contribution in [0.4, 0.5) is 10.5 Å². The van der Waals surface area contributed by atoms with Crippen molar-refractivity contribution >= 4 is 28.9 Å². The lowest BCUT2D eigenvalue weighted by molar-refractivity contribution is 0.174. The van der Waals surface area contributed by atoms with Crippen molar-refractivity contribution < 1.29 is 18.8 Å². The Labute approximate surface area is 205 Å². The highest BCUT2D eigenvalue weighted by molar-refractivity contribution is 6.31. The van der Waals surface area contributed by atoms with E-state index in [9.17, 15) is 4.79 Å². The van der Waals surface area contributed by atoms with Crippen LogP contribution in [0.5, 0.6) is 11.5 Å². The number of ether oxygens (including phenoxy) is 2. The first-order valence-electron chi connectivity index (χ1n) is 10.9. The molecule has 0 fully saturated rings. The van der Waals surface area contributed by atoms with E-state index in [2.05, 4.69) is 10.5 Å². The zero-order chi connectivity index (χ0) is 23.9. The summed E-state index contributed by atoms with van der Waals surface area (Å²) in [6.45, 7) is 2.04. The summed E-state index contributed by atoms with van der Waals surface area (Å²) in [6, 6.07) is 21.5. The summed E-state index contributed by atoms with van der Waals surface area (Å²) in [5.74, 6) is 2.00. The first-order valence-corrected chi connectivity index (χ1v) is 11.3. The highest BCUT2D eigenvalue weighted by Crippen LogP contribution is 2.40. The average Bonchev–Trinajstić information content (AvgIpc) is 3.54. The van der Waals surface area contributed by atoms with Gasteiger partial charge in [0, 0.05) is 16.3 Å². The first-order chi connectivity index (χ1) is 17.1. The Kier molecular flexibility index (Phi) is 5.15. The van der Waals surface area contributed by atoms with Crippen molar-refractivity contribution in [2.45, 2.75) is 13.0 Å². The van der Waals surface area contributed by atoms with Crippen molar-refractivity contribution in [1.29, 1.82) is 0 Å². The molecular formula is C26H19ClN4O4. The van der Waals surface area contributed by atoms with Crippen molar-refractivity contribution in [2.24, 2.45) is 0 Å². The fraction of sp³-hybridized carbons (Fsp3) is 0.115. The predicted molar refractivity (Wildman–Crippen MR) is 130 cm³/mol. The second-order valence-electron chi connectivity index (χ2n) is 8.10. The summed E-state index contributed by atoms with van der Waals surface area (Å²) >= 11 is 6.21. The summed E-state index contributed by atoms with van der Waals surface area (Å²) in [7, 11) is 0. The average molecular weight is 487 g/mol.